The molecule has 1 unspecified atom stereocenters. The number of amides is 1. The van der Waals surface area contributed by atoms with E-state index in [1.807, 2.05) is 14.0 Å². The van der Waals surface area contributed by atoms with Gasteiger partial charge in [0.15, 0.2) is 0 Å². The van der Waals surface area contributed by atoms with E-state index in [9.17, 15) is 4.79 Å². The fourth-order valence-corrected chi connectivity index (χ4v) is 2.33. The van der Waals surface area contributed by atoms with Gasteiger partial charge in [-0.1, -0.05) is 11.6 Å². The summed E-state index contributed by atoms with van der Waals surface area (Å²) in [6.45, 7) is 4.35. The van der Waals surface area contributed by atoms with Crippen LogP contribution in [-0.2, 0) is 23.1 Å². The summed E-state index contributed by atoms with van der Waals surface area (Å²) in [7, 11) is 1.81. The van der Waals surface area contributed by atoms with E-state index in [2.05, 4.69) is 10.00 Å². The standard InChI is InChI=1S/C11H17ClN4O2/c1-7-8(10(12)15(2)14-7)5-16-3-4-18-9(6-16)11(13)17/h9H,3-6H2,1-2H3,(H2,13,17). The monoisotopic (exact) mass is 272 g/mol. The molecule has 0 aliphatic carbocycles. The first kappa shape index (κ1) is 13.3. The molecule has 0 saturated carbocycles. The predicted molar refractivity (Wildman–Crippen MR) is 67.2 cm³/mol. The molecule has 1 fully saturated rings. The van der Waals surface area contributed by atoms with Crippen LogP contribution in [-0.4, -0.2) is 46.4 Å². The van der Waals surface area contributed by atoms with E-state index in [1.54, 1.807) is 4.68 Å². The predicted octanol–water partition coefficient (Wildman–Crippen LogP) is 0.0680. The number of nitrogens with zero attached hydrogens (tertiary/aromatic N) is 3. The number of aromatic nitrogens is 2. The molecule has 0 radical (unpaired) electrons. The Morgan fingerprint density at radius 1 is 1.67 bits per heavy atom. The molecule has 1 amide bonds. The highest BCUT2D eigenvalue weighted by molar-refractivity contribution is 6.30. The van der Waals surface area contributed by atoms with E-state index in [4.69, 9.17) is 22.1 Å². The third kappa shape index (κ3) is 2.66. The number of nitrogens with two attached hydrogens (primary N) is 1. The maximum Gasteiger partial charge on any atom is 0.247 e. The lowest BCUT2D eigenvalue weighted by atomic mass is 10.2. The summed E-state index contributed by atoms with van der Waals surface area (Å²) in [6, 6.07) is 0. The summed E-state index contributed by atoms with van der Waals surface area (Å²) in [5.74, 6) is -0.422. The van der Waals surface area contributed by atoms with Crippen LogP contribution >= 0.6 is 11.6 Å². The summed E-state index contributed by atoms with van der Waals surface area (Å²) < 4.78 is 6.95. The number of primary amides is 1. The van der Waals surface area contributed by atoms with Gasteiger partial charge in [-0.3, -0.25) is 14.4 Å². The first-order chi connectivity index (χ1) is 8.49. The SMILES string of the molecule is Cc1nn(C)c(Cl)c1CN1CCOC(C(N)=O)C1. The van der Waals surface area contributed by atoms with Crippen molar-refractivity contribution >= 4 is 17.5 Å². The Morgan fingerprint density at radius 3 is 2.94 bits per heavy atom. The first-order valence-electron chi connectivity index (χ1n) is 5.80. The molecule has 7 heteroatoms. The molecule has 2 rings (SSSR count). The average Bonchev–Trinajstić information content (AvgIpc) is 2.56. The van der Waals surface area contributed by atoms with Gasteiger partial charge in [0.25, 0.3) is 0 Å². The molecule has 0 aromatic carbocycles. The number of hydrogen-bond acceptors (Lipinski definition) is 4. The Morgan fingerprint density at radius 2 is 2.39 bits per heavy atom. The zero-order valence-electron chi connectivity index (χ0n) is 10.5. The molecule has 1 saturated heterocycles. The van der Waals surface area contributed by atoms with Crippen LogP contribution in [0.1, 0.15) is 11.3 Å². The molecule has 1 aromatic rings. The minimum Gasteiger partial charge on any atom is -0.367 e. The van der Waals surface area contributed by atoms with E-state index in [1.165, 1.54) is 0 Å². The molecular weight excluding hydrogens is 256 g/mol. The quantitative estimate of drug-likeness (QED) is 0.845. The molecule has 1 aromatic heterocycles. The van der Waals surface area contributed by atoms with E-state index in [0.29, 0.717) is 24.8 Å². The number of hydrogen-bond donors (Lipinski definition) is 1. The Hall–Kier alpha value is -1.11. The fourth-order valence-electron chi connectivity index (χ4n) is 2.10. The van der Waals surface area contributed by atoms with E-state index in [0.717, 1.165) is 17.8 Å². The van der Waals surface area contributed by atoms with Crippen molar-refractivity contribution in [3.05, 3.63) is 16.4 Å². The number of carbonyl (C=O) groups is 1. The van der Waals surface area contributed by atoms with Crippen LogP contribution in [0.25, 0.3) is 0 Å². The van der Waals surface area contributed by atoms with E-state index in [-0.39, 0.29) is 0 Å². The smallest absolute Gasteiger partial charge is 0.247 e. The van der Waals surface area contributed by atoms with Crippen molar-refractivity contribution in [2.75, 3.05) is 19.7 Å². The lowest BCUT2D eigenvalue weighted by molar-refractivity contribution is -0.135. The summed E-state index contributed by atoms with van der Waals surface area (Å²) in [5, 5.41) is 4.90. The van der Waals surface area contributed by atoms with Crippen LogP contribution in [0.4, 0.5) is 0 Å². The highest BCUT2D eigenvalue weighted by Gasteiger charge is 2.26. The van der Waals surface area contributed by atoms with Gasteiger partial charge < -0.3 is 10.5 Å². The third-order valence-corrected chi connectivity index (χ3v) is 3.59. The summed E-state index contributed by atoms with van der Waals surface area (Å²) in [5.41, 5.74) is 7.15. The molecule has 100 valence electrons. The van der Waals surface area contributed by atoms with Crippen LogP contribution < -0.4 is 5.73 Å². The third-order valence-electron chi connectivity index (χ3n) is 3.12. The molecule has 2 heterocycles. The van der Waals surface area contributed by atoms with Gasteiger partial charge in [-0.2, -0.15) is 5.10 Å². The Labute approximate surface area is 111 Å². The number of rotatable bonds is 3. The highest BCUT2D eigenvalue weighted by Crippen LogP contribution is 2.21. The average molecular weight is 273 g/mol. The van der Waals surface area contributed by atoms with Crippen molar-refractivity contribution in [2.45, 2.75) is 19.6 Å². The summed E-state index contributed by atoms with van der Waals surface area (Å²) in [6.07, 6.45) is -0.533. The molecule has 18 heavy (non-hydrogen) atoms. The Kier molecular flexibility index (Phi) is 3.89. The van der Waals surface area contributed by atoms with Crippen molar-refractivity contribution in [2.24, 2.45) is 12.8 Å². The van der Waals surface area contributed by atoms with Crippen LogP contribution in [0, 0.1) is 6.92 Å². The van der Waals surface area contributed by atoms with Crippen molar-refractivity contribution in [1.82, 2.24) is 14.7 Å². The molecule has 2 N–H and O–H groups in total. The summed E-state index contributed by atoms with van der Waals surface area (Å²) in [4.78, 5) is 13.2. The zero-order valence-corrected chi connectivity index (χ0v) is 11.3. The first-order valence-corrected chi connectivity index (χ1v) is 6.18. The van der Waals surface area contributed by atoms with Crippen molar-refractivity contribution in [3.63, 3.8) is 0 Å². The zero-order chi connectivity index (χ0) is 13.3. The number of halogens is 1. The number of carbonyl (C=O) groups excluding carboxylic acids is 1. The minimum absolute atomic E-state index is 0.422. The van der Waals surface area contributed by atoms with Crippen LogP contribution in [0.15, 0.2) is 0 Å². The van der Waals surface area contributed by atoms with Crippen LogP contribution in [0.3, 0.4) is 0 Å². The largest absolute Gasteiger partial charge is 0.367 e. The number of ether oxygens (including phenoxy) is 1. The Balaban J connectivity index is 2.07. The minimum atomic E-state index is -0.533. The molecule has 6 nitrogen and oxygen atoms in total. The highest BCUT2D eigenvalue weighted by atomic mass is 35.5. The molecule has 0 spiro atoms. The second-order valence-electron chi connectivity index (χ2n) is 4.48. The molecule has 0 bridgehead atoms. The van der Waals surface area contributed by atoms with Gasteiger partial charge in [-0.15, -0.1) is 0 Å². The van der Waals surface area contributed by atoms with Crippen molar-refractivity contribution < 1.29 is 9.53 Å². The summed E-state index contributed by atoms with van der Waals surface area (Å²) >= 11 is 6.18. The molecule has 1 atom stereocenters. The molecular formula is C11H17ClN4O2. The van der Waals surface area contributed by atoms with Gasteiger partial charge in [-0.25, -0.2) is 0 Å². The van der Waals surface area contributed by atoms with Crippen molar-refractivity contribution in [1.29, 1.82) is 0 Å². The van der Waals surface area contributed by atoms with Gasteiger partial charge in [0, 0.05) is 32.2 Å². The van der Waals surface area contributed by atoms with Crippen molar-refractivity contribution in [3.8, 4) is 0 Å². The molecule has 1 aliphatic rings. The topological polar surface area (TPSA) is 73.4 Å². The van der Waals surface area contributed by atoms with Gasteiger partial charge in [-0.05, 0) is 6.92 Å². The van der Waals surface area contributed by atoms with Crippen LogP contribution in [0.5, 0.6) is 0 Å². The van der Waals surface area contributed by atoms with Gasteiger partial charge in [0.1, 0.15) is 11.3 Å². The molecule has 1 aliphatic heterocycles. The van der Waals surface area contributed by atoms with E-state index < -0.39 is 12.0 Å². The van der Waals surface area contributed by atoms with Gasteiger partial charge in [0.2, 0.25) is 5.91 Å². The van der Waals surface area contributed by atoms with E-state index >= 15 is 0 Å². The number of aryl methyl sites for hydroxylation is 2. The van der Waals surface area contributed by atoms with Gasteiger partial charge in [0.05, 0.1) is 12.3 Å². The second-order valence-corrected chi connectivity index (χ2v) is 4.83. The fraction of sp³-hybridized carbons (Fsp3) is 0.636. The maximum atomic E-state index is 11.1. The Bertz CT molecular complexity index is 460. The van der Waals surface area contributed by atoms with Crippen LogP contribution in [0.2, 0.25) is 5.15 Å². The normalized spacial score (nSPS) is 21.2. The second kappa shape index (κ2) is 5.26. The van der Waals surface area contributed by atoms with Gasteiger partial charge >= 0.3 is 0 Å². The maximum absolute atomic E-state index is 11.1. The lowest BCUT2D eigenvalue weighted by Crippen LogP contribution is -2.47. The number of morpholine rings is 1. The lowest BCUT2D eigenvalue weighted by Gasteiger charge is -2.31.